The lowest BCUT2D eigenvalue weighted by Crippen LogP contribution is -2.59. The number of amides is 1. The van der Waals surface area contributed by atoms with Gasteiger partial charge in [0.05, 0.1) is 12.5 Å². The summed E-state index contributed by atoms with van der Waals surface area (Å²) in [5, 5.41) is 12.0. The minimum Gasteiger partial charge on any atom is -0.309 e. The first-order valence-corrected chi connectivity index (χ1v) is 6.69. The van der Waals surface area contributed by atoms with E-state index in [0.29, 0.717) is 6.54 Å². The van der Waals surface area contributed by atoms with Gasteiger partial charge in [0, 0.05) is 18.3 Å². The fourth-order valence-corrected chi connectivity index (χ4v) is 2.40. The lowest BCUT2D eigenvalue weighted by atomic mass is 10.1. The Bertz CT molecular complexity index is 489. The maximum Gasteiger partial charge on any atom is 0.245 e. The van der Waals surface area contributed by atoms with E-state index >= 15 is 0 Å². The highest BCUT2D eigenvalue weighted by molar-refractivity contribution is 5.98. The predicted molar refractivity (Wildman–Crippen MR) is 74.8 cm³/mol. The van der Waals surface area contributed by atoms with Crippen LogP contribution in [0.15, 0.2) is 24.3 Å². The van der Waals surface area contributed by atoms with Gasteiger partial charge in [0.15, 0.2) is 0 Å². The number of nitriles is 1. The van der Waals surface area contributed by atoms with Crippen LogP contribution in [0.25, 0.3) is 0 Å². The number of carbonyl (C=O) groups is 1. The molecule has 2 atom stereocenters. The topological polar surface area (TPSA) is 56.1 Å². The molecular formula is C15H19N3O. The van der Waals surface area contributed by atoms with E-state index in [1.165, 1.54) is 5.56 Å². The molecule has 4 nitrogen and oxygen atoms in total. The van der Waals surface area contributed by atoms with E-state index in [4.69, 9.17) is 5.26 Å². The Balaban J connectivity index is 2.21. The van der Waals surface area contributed by atoms with Gasteiger partial charge >= 0.3 is 0 Å². The Hall–Kier alpha value is -1.86. The van der Waals surface area contributed by atoms with Crippen molar-refractivity contribution in [2.75, 3.05) is 11.4 Å². The summed E-state index contributed by atoms with van der Waals surface area (Å²) in [6.07, 6.45) is 1.20. The standard InChI is InChI=1S/C15H19N3O/c1-3-12-4-6-13(7-5-12)18-10-11(2)17-14(8-9-16)15(18)19/h4-7,11,14,17H,3,8,10H2,1-2H3. The molecule has 19 heavy (non-hydrogen) atoms. The van der Waals surface area contributed by atoms with Gasteiger partial charge in [-0.1, -0.05) is 19.1 Å². The maximum atomic E-state index is 12.3. The highest BCUT2D eigenvalue weighted by Gasteiger charge is 2.32. The fourth-order valence-electron chi connectivity index (χ4n) is 2.40. The number of rotatable bonds is 3. The Labute approximate surface area is 114 Å². The van der Waals surface area contributed by atoms with Crippen molar-refractivity contribution in [1.82, 2.24) is 5.32 Å². The minimum absolute atomic E-state index is 0.0103. The SMILES string of the molecule is CCc1ccc(N2CC(C)NC(CC#N)C2=O)cc1. The van der Waals surface area contributed by atoms with Crippen molar-refractivity contribution in [3.05, 3.63) is 29.8 Å². The average molecular weight is 257 g/mol. The second kappa shape index (κ2) is 5.85. The van der Waals surface area contributed by atoms with E-state index in [2.05, 4.69) is 30.4 Å². The lowest BCUT2D eigenvalue weighted by Gasteiger charge is -2.36. The van der Waals surface area contributed by atoms with Gasteiger partial charge in [0.25, 0.3) is 0 Å². The molecule has 0 spiro atoms. The van der Waals surface area contributed by atoms with E-state index in [1.54, 1.807) is 4.90 Å². The van der Waals surface area contributed by atoms with Gasteiger partial charge in [-0.15, -0.1) is 0 Å². The first-order chi connectivity index (χ1) is 9.15. The highest BCUT2D eigenvalue weighted by Crippen LogP contribution is 2.20. The Morgan fingerprint density at radius 1 is 1.42 bits per heavy atom. The molecule has 2 rings (SSSR count). The van der Waals surface area contributed by atoms with Gasteiger partial charge in [-0.2, -0.15) is 5.26 Å². The summed E-state index contributed by atoms with van der Waals surface area (Å²) in [6, 6.07) is 9.94. The zero-order valence-electron chi connectivity index (χ0n) is 11.4. The summed E-state index contributed by atoms with van der Waals surface area (Å²) in [6.45, 7) is 4.78. The second-order valence-corrected chi connectivity index (χ2v) is 4.95. The monoisotopic (exact) mass is 257 g/mol. The maximum absolute atomic E-state index is 12.3. The van der Waals surface area contributed by atoms with Crippen LogP contribution >= 0.6 is 0 Å². The number of hydrogen-bond acceptors (Lipinski definition) is 3. The third-order valence-corrected chi connectivity index (χ3v) is 3.46. The van der Waals surface area contributed by atoms with Crippen LogP contribution in [-0.4, -0.2) is 24.5 Å². The van der Waals surface area contributed by atoms with Gasteiger partial charge in [0.1, 0.15) is 6.04 Å². The smallest absolute Gasteiger partial charge is 0.245 e. The van der Waals surface area contributed by atoms with E-state index in [-0.39, 0.29) is 24.4 Å². The third-order valence-electron chi connectivity index (χ3n) is 3.46. The van der Waals surface area contributed by atoms with Gasteiger partial charge in [-0.3, -0.25) is 4.79 Å². The van der Waals surface area contributed by atoms with Crippen LogP contribution in [0.3, 0.4) is 0 Å². The van der Waals surface area contributed by atoms with Crippen molar-refractivity contribution >= 4 is 11.6 Å². The van der Waals surface area contributed by atoms with Crippen LogP contribution in [0, 0.1) is 11.3 Å². The van der Waals surface area contributed by atoms with Crippen molar-refractivity contribution in [2.24, 2.45) is 0 Å². The van der Waals surface area contributed by atoms with Crippen LogP contribution in [-0.2, 0) is 11.2 Å². The number of piperazine rings is 1. The summed E-state index contributed by atoms with van der Waals surface area (Å²) in [5.41, 5.74) is 2.17. The second-order valence-electron chi connectivity index (χ2n) is 4.95. The average Bonchev–Trinajstić information content (AvgIpc) is 2.43. The number of anilines is 1. The van der Waals surface area contributed by atoms with Crippen molar-refractivity contribution in [1.29, 1.82) is 5.26 Å². The zero-order valence-corrected chi connectivity index (χ0v) is 11.4. The van der Waals surface area contributed by atoms with Crippen LogP contribution < -0.4 is 10.2 Å². The van der Waals surface area contributed by atoms with Crippen molar-refractivity contribution in [3.8, 4) is 6.07 Å². The molecule has 1 aromatic carbocycles. The van der Waals surface area contributed by atoms with Gasteiger partial charge in [-0.25, -0.2) is 0 Å². The molecule has 1 fully saturated rings. The summed E-state index contributed by atoms with van der Waals surface area (Å²) in [5.74, 6) is -0.0103. The van der Waals surface area contributed by atoms with Crippen molar-refractivity contribution < 1.29 is 4.79 Å². The van der Waals surface area contributed by atoms with Crippen LogP contribution in [0.4, 0.5) is 5.69 Å². The summed E-state index contributed by atoms with van der Waals surface area (Å²) in [4.78, 5) is 14.1. The van der Waals surface area contributed by atoms with Crippen LogP contribution in [0.1, 0.15) is 25.8 Å². The largest absolute Gasteiger partial charge is 0.309 e. The molecular weight excluding hydrogens is 238 g/mol. The molecule has 2 unspecified atom stereocenters. The molecule has 1 N–H and O–H groups in total. The zero-order chi connectivity index (χ0) is 13.8. The Morgan fingerprint density at radius 3 is 2.68 bits per heavy atom. The molecule has 0 bridgehead atoms. The molecule has 0 aromatic heterocycles. The van der Waals surface area contributed by atoms with Crippen LogP contribution in [0.5, 0.6) is 0 Å². The molecule has 0 aliphatic carbocycles. The molecule has 1 aliphatic heterocycles. The first-order valence-electron chi connectivity index (χ1n) is 6.69. The normalized spacial score (nSPS) is 23.2. The van der Waals surface area contributed by atoms with Crippen LogP contribution in [0.2, 0.25) is 0 Å². The van der Waals surface area contributed by atoms with E-state index < -0.39 is 0 Å². The molecule has 4 heteroatoms. The van der Waals surface area contributed by atoms with E-state index in [0.717, 1.165) is 12.1 Å². The fraction of sp³-hybridized carbons (Fsp3) is 0.467. The van der Waals surface area contributed by atoms with Gasteiger partial charge < -0.3 is 10.2 Å². The number of benzene rings is 1. The van der Waals surface area contributed by atoms with E-state index in [1.807, 2.05) is 19.1 Å². The highest BCUT2D eigenvalue weighted by atomic mass is 16.2. The number of nitrogens with one attached hydrogen (secondary N) is 1. The number of nitrogens with zero attached hydrogens (tertiary/aromatic N) is 2. The molecule has 0 radical (unpaired) electrons. The predicted octanol–water partition coefficient (Wildman–Crippen LogP) is 1.86. The summed E-state index contributed by atoms with van der Waals surface area (Å²) >= 11 is 0. The molecule has 100 valence electrons. The van der Waals surface area contributed by atoms with Crippen molar-refractivity contribution in [3.63, 3.8) is 0 Å². The van der Waals surface area contributed by atoms with E-state index in [9.17, 15) is 4.79 Å². The number of carbonyl (C=O) groups excluding carboxylic acids is 1. The molecule has 0 saturated carbocycles. The number of hydrogen-bond donors (Lipinski definition) is 1. The molecule has 1 amide bonds. The van der Waals surface area contributed by atoms with Gasteiger partial charge in [0.2, 0.25) is 5.91 Å². The molecule has 1 aliphatic rings. The van der Waals surface area contributed by atoms with Crippen molar-refractivity contribution in [2.45, 2.75) is 38.8 Å². The minimum atomic E-state index is -0.389. The van der Waals surface area contributed by atoms with Gasteiger partial charge in [-0.05, 0) is 31.0 Å². The molecule has 1 aromatic rings. The summed E-state index contributed by atoms with van der Waals surface area (Å²) < 4.78 is 0. The lowest BCUT2D eigenvalue weighted by molar-refractivity contribution is -0.122. The third kappa shape index (κ3) is 2.94. The molecule has 1 saturated heterocycles. The first kappa shape index (κ1) is 13.6. The molecule has 1 heterocycles. The Kier molecular flexibility index (Phi) is 4.18. The Morgan fingerprint density at radius 2 is 2.11 bits per heavy atom. The number of aryl methyl sites for hydroxylation is 1. The quantitative estimate of drug-likeness (QED) is 0.899. The summed E-state index contributed by atoms with van der Waals surface area (Å²) in [7, 11) is 0.